The topological polar surface area (TPSA) is 35.2 Å². The number of rotatable bonds is 5. The van der Waals surface area contributed by atoms with Gasteiger partial charge < -0.3 is 10.5 Å². The lowest BCUT2D eigenvalue weighted by atomic mass is 9.92. The Bertz CT molecular complexity index is 103. The predicted octanol–water partition coefficient (Wildman–Crippen LogP) is 1.17. The third-order valence-corrected chi connectivity index (χ3v) is 1.60. The Morgan fingerprint density at radius 3 is 2.60 bits per heavy atom. The fourth-order valence-corrected chi connectivity index (χ4v) is 0.536. The second-order valence-electron chi connectivity index (χ2n) is 2.70. The fourth-order valence-electron chi connectivity index (χ4n) is 0.536. The Morgan fingerprint density at radius 1 is 1.70 bits per heavy atom. The number of hydrogen-bond donors (Lipinski definition) is 1. The summed E-state index contributed by atoms with van der Waals surface area (Å²) in [4.78, 5) is 0. The van der Waals surface area contributed by atoms with E-state index in [1.54, 1.807) is 0 Å². The van der Waals surface area contributed by atoms with E-state index < -0.39 is 0 Å². The standard InChI is InChI=1S/C8H17NO/c1-4-8(3,6-9)7-10-5-2/h4H,1,5-7,9H2,2-3H3. The molecule has 0 fully saturated rings. The molecule has 2 heteroatoms. The number of ether oxygens (including phenoxy) is 1. The first kappa shape index (κ1) is 9.66. The number of hydrogen-bond acceptors (Lipinski definition) is 2. The van der Waals surface area contributed by atoms with Crippen LogP contribution in [-0.2, 0) is 4.74 Å². The summed E-state index contributed by atoms with van der Waals surface area (Å²) in [6.07, 6.45) is 1.85. The third-order valence-electron chi connectivity index (χ3n) is 1.60. The summed E-state index contributed by atoms with van der Waals surface area (Å²) < 4.78 is 5.23. The van der Waals surface area contributed by atoms with Crippen LogP contribution in [0.25, 0.3) is 0 Å². The second-order valence-corrected chi connectivity index (χ2v) is 2.70. The molecule has 2 N–H and O–H groups in total. The van der Waals surface area contributed by atoms with Crippen molar-refractivity contribution < 1.29 is 4.74 Å². The van der Waals surface area contributed by atoms with Gasteiger partial charge in [0.25, 0.3) is 0 Å². The molecule has 0 aromatic rings. The molecule has 1 unspecified atom stereocenters. The maximum absolute atomic E-state index is 5.51. The van der Waals surface area contributed by atoms with E-state index in [9.17, 15) is 0 Å². The summed E-state index contributed by atoms with van der Waals surface area (Å²) in [5.74, 6) is 0. The highest BCUT2D eigenvalue weighted by Crippen LogP contribution is 2.15. The van der Waals surface area contributed by atoms with Gasteiger partial charge in [-0.2, -0.15) is 0 Å². The van der Waals surface area contributed by atoms with E-state index in [-0.39, 0.29) is 5.41 Å². The van der Waals surface area contributed by atoms with Crippen LogP contribution in [0.4, 0.5) is 0 Å². The van der Waals surface area contributed by atoms with Gasteiger partial charge in [-0.1, -0.05) is 13.0 Å². The molecule has 0 saturated carbocycles. The largest absolute Gasteiger partial charge is 0.381 e. The lowest BCUT2D eigenvalue weighted by Crippen LogP contribution is -2.29. The van der Waals surface area contributed by atoms with Gasteiger partial charge in [0.05, 0.1) is 6.61 Å². The Morgan fingerprint density at radius 2 is 2.30 bits per heavy atom. The van der Waals surface area contributed by atoms with Crippen molar-refractivity contribution in [2.75, 3.05) is 19.8 Å². The Kier molecular flexibility index (Phi) is 4.32. The Balaban J connectivity index is 3.68. The first-order valence-corrected chi connectivity index (χ1v) is 3.60. The molecule has 0 rings (SSSR count). The summed E-state index contributed by atoms with van der Waals surface area (Å²) >= 11 is 0. The molecule has 0 amide bonds. The van der Waals surface area contributed by atoms with Gasteiger partial charge in [0, 0.05) is 18.6 Å². The molecule has 0 spiro atoms. The van der Waals surface area contributed by atoms with E-state index in [1.807, 2.05) is 19.9 Å². The minimum atomic E-state index is -0.0456. The summed E-state index contributed by atoms with van der Waals surface area (Å²) in [6, 6.07) is 0. The van der Waals surface area contributed by atoms with E-state index in [2.05, 4.69) is 6.58 Å². The van der Waals surface area contributed by atoms with Crippen LogP contribution in [0, 0.1) is 5.41 Å². The maximum atomic E-state index is 5.51. The summed E-state index contributed by atoms with van der Waals surface area (Å²) in [5, 5.41) is 0. The smallest absolute Gasteiger partial charge is 0.0566 e. The van der Waals surface area contributed by atoms with Crippen LogP contribution in [0.15, 0.2) is 12.7 Å². The molecule has 0 heterocycles. The van der Waals surface area contributed by atoms with Crippen LogP contribution in [0.5, 0.6) is 0 Å². The molecule has 0 aromatic carbocycles. The number of nitrogens with two attached hydrogens (primary N) is 1. The van der Waals surface area contributed by atoms with E-state index in [1.165, 1.54) is 0 Å². The highest BCUT2D eigenvalue weighted by atomic mass is 16.5. The van der Waals surface area contributed by atoms with Crippen LogP contribution in [0.2, 0.25) is 0 Å². The van der Waals surface area contributed by atoms with Crippen molar-refractivity contribution in [2.45, 2.75) is 13.8 Å². The predicted molar refractivity (Wildman–Crippen MR) is 43.9 cm³/mol. The molecule has 10 heavy (non-hydrogen) atoms. The van der Waals surface area contributed by atoms with Gasteiger partial charge in [0.2, 0.25) is 0 Å². The molecule has 0 saturated heterocycles. The van der Waals surface area contributed by atoms with Crippen LogP contribution < -0.4 is 5.73 Å². The van der Waals surface area contributed by atoms with Crippen LogP contribution >= 0.6 is 0 Å². The summed E-state index contributed by atoms with van der Waals surface area (Å²) in [6.45, 7) is 9.71. The normalized spacial score (nSPS) is 16.3. The van der Waals surface area contributed by atoms with Crippen molar-refractivity contribution in [1.29, 1.82) is 0 Å². The molecule has 0 aromatic heterocycles. The minimum absolute atomic E-state index is 0.0456. The quantitative estimate of drug-likeness (QED) is 0.586. The summed E-state index contributed by atoms with van der Waals surface area (Å²) in [7, 11) is 0. The van der Waals surface area contributed by atoms with E-state index in [0.717, 1.165) is 6.61 Å². The highest BCUT2D eigenvalue weighted by Gasteiger charge is 2.17. The lowest BCUT2D eigenvalue weighted by molar-refractivity contribution is 0.0892. The van der Waals surface area contributed by atoms with Crippen LogP contribution in [0.1, 0.15) is 13.8 Å². The van der Waals surface area contributed by atoms with E-state index in [4.69, 9.17) is 10.5 Å². The zero-order chi connectivity index (χ0) is 8.04. The first-order chi connectivity index (χ1) is 4.68. The zero-order valence-corrected chi connectivity index (χ0v) is 6.89. The van der Waals surface area contributed by atoms with Crippen LogP contribution in [-0.4, -0.2) is 19.8 Å². The molecule has 0 aliphatic carbocycles. The van der Waals surface area contributed by atoms with Crippen molar-refractivity contribution in [1.82, 2.24) is 0 Å². The van der Waals surface area contributed by atoms with Gasteiger partial charge in [-0.05, 0) is 6.92 Å². The van der Waals surface area contributed by atoms with Crippen molar-refractivity contribution in [3.05, 3.63) is 12.7 Å². The van der Waals surface area contributed by atoms with Crippen molar-refractivity contribution >= 4 is 0 Å². The van der Waals surface area contributed by atoms with Gasteiger partial charge in [-0.3, -0.25) is 0 Å². The zero-order valence-electron chi connectivity index (χ0n) is 6.89. The van der Waals surface area contributed by atoms with Crippen molar-refractivity contribution in [3.8, 4) is 0 Å². The molecular formula is C8H17NO. The highest BCUT2D eigenvalue weighted by molar-refractivity contribution is 4.91. The molecule has 0 radical (unpaired) electrons. The first-order valence-electron chi connectivity index (χ1n) is 3.60. The van der Waals surface area contributed by atoms with Gasteiger partial charge in [0.15, 0.2) is 0 Å². The molecule has 0 bridgehead atoms. The Hall–Kier alpha value is -0.340. The SMILES string of the molecule is C=CC(C)(CN)COCC. The average Bonchev–Trinajstić information content (AvgIpc) is 2.00. The van der Waals surface area contributed by atoms with Gasteiger partial charge in [-0.25, -0.2) is 0 Å². The lowest BCUT2D eigenvalue weighted by Gasteiger charge is -2.22. The molecule has 0 aliphatic heterocycles. The fraction of sp³-hybridized carbons (Fsp3) is 0.750. The Labute approximate surface area is 63.1 Å². The summed E-state index contributed by atoms with van der Waals surface area (Å²) in [5.41, 5.74) is 5.46. The maximum Gasteiger partial charge on any atom is 0.0566 e. The van der Waals surface area contributed by atoms with Gasteiger partial charge >= 0.3 is 0 Å². The molecule has 0 aliphatic rings. The minimum Gasteiger partial charge on any atom is -0.381 e. The van der Waals surface area contributed by atoms with Gasteiger partial charge in [-0.15, -0.1) is 6.58 Å². The average molecular weight is 143 g/mol. The monoisotopic (exact) mass is 143 g/mol. The van der Waals surface area contributed by atoms with E-state index in [0.29, 0.717) is 13.2 Å². The van der Waals surface area contributed by atoms with E-state index >= 15 is 0 Å². The molecule has 60 valence electrons. The molecule has 2 nitrogen and oxygen atoms in total. The molecule has 1 atom stereocenters. The van der Waals surface area contributed by atoms with Crippen LogP contribution in [0.3, 0.4) is 0 Å². The van der Waals surface area contributed by atoms with Crippen molar-refractivity contribution in [3.63, 3.8) is 0 Å². The second kappa shape index (κ2) is 4.47. The third kappa shape index (κ3) is 2.99. The molecular weight excluding hydrogens is 126 g/mol. The van der Waals surface area contributed by atoms with Gasteiger partial charge in [0.1, 0.15) is 0 Å². The van der Waals surface area contributed by atoms with Crippen molar-refractivity contribution in [2.24, 2.45) is 11.1 Å².